The second-order valence-corrected chi connectivity index (χ2v) is 1.72. The molecule has 0 radical (unpaired) electrons. The summed E-state index contributed by atoms with van der Waals surface area (Å²) in [6.07, 6.45) is 2.82. The van der Waals surface area contributed by atoms with Crippen LogP contribution in [0.15, 0.2) is 12.2 Å². The van der Waals surface area contributed by atoms with Gasteiger partial charge in [0, 0.05) is 0 Å². The largest absolute Gasteiger partial charge is 0.390 e. The van der Waals surface area contributed by atoms with Gasteiger partial charge in [0.1, 0.15) is 0 Å². The molecule has 0 heterocycles. The van der Waals surface area contributed by atoms with Gasteiger partial charge < -0.3 is 10.2 Å². The van der Waals surface area contributed by atoms with Gasteiger partial charge in [0.15, 0.2) is 0 Å². The van der Waals surface area contributed by atoms with E-state index in [1.165, 1.54) is 0 Å². The van der Waals surface area contributed by atoms with Crippen molar-refractivity contribution in [3.8, 4) is 0 Å². The van der Waals surface area contributed by atoms with Crippen molar-refractivity contribution >= 4 is 0 Å². The van der Waals surface area contributed by atoms with Crippen molar-refractivity contribution in [3.63, 3.8) is 0 Å². The van der Waals surface area contributed by atoms with Crippen molar-refractivity contribution < 1.29 is 10.2 Å². The molecule has 40 valence electrons. The third-order valence-electron chi connectivity index (χ3n) is 1.11. The molecule has 0 aromatic rings. The van der Waals surface area contributed by atoms with Crippen LogP contribution in [-0.2, 0) is 0 Å². The van der Waals surface area contributed by atoms with Crippen LogP contribution in [0.5, 0.6) is 0 Å². The van der Waals surface area contributed by atoms with E-state index in [1.807, 2.05) is 0 Å². The fraction of sp³-hybridized carbons (Fsp3) is 0.600. The molecule has 0 bridgehead atoms. The number of aliphatic hydroxyl groups is 2. The molecule has 2 nitrogen and oxygen atoms in total. The smallest absolute Gasteiger partial charge is 0.0982 e. The van der Waals surface area contributed by atoms with Crippen LogP contribution in [0, 0.1) is 0 Å². The predicted octanol–water partition coefficient (Wildman–Crippen LogP) is -0.332. The van der Waals surface area contributed by atoms with Crippen LogP contribution in [0.3, 0.4) is 0 Å². The first-order valence-corrected chi connectivity index (χ1v) is 2.33. The fourth-order valence-corrected chi connectivity index (χ4v) is 0.625. The maximum atomic E-state index is 8.69. The Labute approximate surface area is 42.1 Å². The van der Waals surface area contributed by atoms with Crippen molar-refractivity contribution in [1.29, 1.82) is 0 Å². The molecular formula is C5H8O2. The first kappa shape index (κ1) is 4.81. The quantitative estimate of drug-likeness (QED) is 0.409. The summed E-state index contributed by atoms with van der Waals surface area (Å²) in [6, 6.07) is 0. The summed E-state index contributed by atoms with van der Waals surface area (Å²) < 4.78 is 0. The lowest BCUT2D eigenvalue weighted by molar-refractivity contribution is 0.0611. The van der Waals surface area contributed by atoms with Crippen LogP contribution >= 0.6 is 0 Å². The fourth-order valence-electron chi connectivity index (χ4n) is 0.625. The molecule has 1 aliphatic rings. The van der Waals surface area contributed by atoms with E-state index >= 15 is 0 Å². The van der Waals surface area contributed by atoms with Gasteiger partial charge in [-0.25, -0.2) is 0 Å². The number of rotatable bonds is 0. The normalized spacial score (nSPS) is 39.7. The minimum atomic E-state index is -0.611. The Balaban J connectivity index is 2.45. The summed E-state index contributed by atoms with van der Waals surface area (Å²) in [7, 11) is 0. The average molecular weight is 100 g/mol. The number of hydrogen-bond donors (Lipinski definition) is 2. The Morgan fingerprint density at radius 2 is 2.14 bits per heavy atom. The zero-order valence-electron chi connectivity index (χ0n) is 3.91. The molecule has 7 heavy (non-hydrogen) atoms. The third kappa shape index (κ3) is 0.813. The van der Waals surface area contributed by atoms with Gasteiger partial charge in [-0.2, -0.15) is 0 Å². The Morgan fingerprint density at radius 3 is 2.29 bits per heavy atom. The van der Waals surface area contributed by atoms with Crippen molar-refractivity contribution in [1.82, 2.24) is 0 Å². The van der Waals surface area contributed by atoms with Gasteiger partial charge in [-0.05, 0) is 6.42 Å². The van der Waals surface area contributed by atoms with E-state index in [2.05, 4.69) is 0 Å². The van der Waals surface area contributed by atoms with Crippen LogP contribution in [-0.4, -0.2) is 22.4 Å². The van der Waals surface area contributed by atoms with Crippen LogP contribution in [0.4, 0.5) is 0 Å². The van der Waals surface area contributed by atoms with Gasteiger partial charge in [-0.15, -0.1) is 0 Å². The molecule has 1 aliphatic carbocycles. The summed E-state index contributed by atoms with van der Waals surface area (Å²) in [4.78, 5) is 0. The highest BCUT2D eigenvalue weighted by Gasteiger charge is 2.15. The monoisotopic (exact) mass is 100 g/mol. The lowest BCUT2D eigenvalue weighted by Gasteiger charge is -2.03. The van der Waals surface area contributed by atoms with Gasteiger partial charge in [0.25, 0.3) is 0 Å². The van der Waals surface area contributed by atoms with Crippen LogP contribution < -0.4 is 0 Å². The molecule has 0 saturated heterocycles. The van der Waals surface area contributed by atoms with E-state index < -0.39 is 12.2 Å². The zero-order valence-corrected chi connectivity index (χ0v) is 3.91. The maximum absolute atomic E-state index is 8.69. The zero-order chi connectivity index (χ0) is 5.28. The van der Waals surface area contributed by atoms with Crippen molar-refractivity contribution in [3.05, 3.63) is 12.2 Å². The van der Waals surface area contributed by atoms with Crippen molar-refractivity contribution in [2.45, 2.75) is 18.6 Å². The lowest BCUT2D eigenvalue weighted by atomic mass is 10.2. The highest BCUT2D eigenvalue weighted by molar-refractivity contribution is 5.01. The molecule has 0 amide bonds. The standard InChI is InChI=1S/C5H8O2/c6-4-2-1-3-5(4)7/h1-2,4-7H,3H2/t4-,5+/m0/s1. The first-order valence-electron chi connectivity index (χ1n) is 2.33. The summed E-state index contributed by atoms with van der Waals surface area (Å²) in [5.74, 6) is 0. The SMILES string of the molecule is O[C@@H]1CC=C[C@@H]1O. The molecule has 0 aromatic heterocycles. The van der Waals surface area contributed by atoms with Gasteiger partial charge in [0.05, 0.1) is 12.2 Å². The predicted molar refractivity (Wildman–Crippen MR) is 25.8 cm³/mol. The minimum Gasteiger partial charge on any atom is -0.390 e. The Kier molecular flexibility index (Phi) is 1.13. The van der Waals surface area contributed by atoms with Crippen LogP contribution in [0.1, 0.15) is 6.42 Å². The van der Waals surface area contributed by atoms with Gasteiger partial charge >= 0.3 is 0 Å². The summed E-state index contributed by atoms with van der Waals surface area (Å²) in [5, 5.41) is 17.3. The second kappa shape index (κ2) is 1.64. The lowest BCUT2D eigenvalue weighted by Crippen LogP contribution is -2.17. The molecule has 0 aliphatic heterocycles. The first-order chi connectivity index (χ1) is 3.30. The van der Waals surface area contributed by atoms with Crippen molar-refractivity contribution in [2.24, 2.45) is 0 Å². The highest BCUT2D eigenvalue weighted by Crippen LogP contribution is 2.08. The van der Waals surface area contributed by atoms with E-state index in [-0.39, 0.29) is 0 Å². The topological polar surface area (TPSA) is 40.5 Å². The Morgan fingerprint density at radius 1 is 1.43 bits per heavy atom. The van der Waals surface area contributed by atoms with Crippen LogP contribution in [0.25, 0.3) is 0 Å². The highest BCUT2D eigenvalue weighted by atomic mass is 16.3. The molecule has 0 aromatic carbocycles. The van der Waals surface area contributed by atoms with E-state index in [4.69, 9.17) is 10.2 Å². The summed E-state index contributed by atoms with van der Waals surface area (Å²) >= 11 is 0. The van der Waals surface area contributed by atoms with E-state index in [0.29, 0.717) is 6.42 Å². The van der Waals surface area contributed by atoms with Gasteiger partial charge in [0.2, 0.25) is 0 Å². The van der Waals surface area contributed by atoms with E-state index in [0.717, 1.165) is 0 Å². The molecule has 2 heteroatoms. The molecule has 2 atom stereocenters. The molecule has 0 fully saturated rings. The average Bonchev–Trinajstić information content (AvgIpc) is 1.91. The Bertz CT molecular complexity index is 88.1. The van der Waals surface area contributed by atoms with Gasteiger partial charge in [-0.1, -0.05) is 12.2 Å². The summed E-state index contributed by atoms with van der Waals surface area (Å²) in [6.45, 7) is 0. The molecule has 2 N–H and O–H groups in total. The molecule has 0 unspecified atom stereocenters. The van der Waals surface area contributed by atoms with Gasteiger partial charge in [-0.3, -0.25) is 0 Å². The third-order valence-corrected chi connectivity index (χ3v) is 1.11. The van der Waals surface area contributed by atoms with E-state index in [1.54, 1.807) is 12.2 Å². The van der Waals surface area contributed by atoms with Crippen LogP contribution in [0.2, 0.25) is 0 Å². The molecular weight excluding hydrogens is 92.1 g/mol. The van der Waals surface area contributed by atoms with E-state index in [9.17, 15) is 0 Å². The maximum Gasteiger partial charge on any atom is 0.0982 e. The molecule has 1 rings (SSSR count). The Hall–Kier alpha value is -0.340. The summed E-state index contributed by atoms with van der Waals surface area (Å²) in [5.41, 5.74) is 0. The molecule has 0 saturated carbocycles. The number of aliphatic hydroxyl groups excluding tert-OH is 2. The number of hydrogen-bond acceptors (Lipinski definition) is 2. The second-order valence-electron chi connectivity index (χ2n) is 1.72. The van der Waals surface area contributed by atoms with Crippen molar-refractivity contribution in [2.75, 3.05) is 0 Å². The molecule has 0 spiro atoms. The minimum absolute atomic E-state index is 0.542.